The Morgan fingerprint density at radius 3 is 2.47 bits per heavy atom. The minimum Gasteiger partial charge on any atom is -0.309 e. The topological polar surface area (TPSA) is 72.7 Å². The van der Waals surface area contributed by atoms with Crippen molar-refractivity contribution in [3.63, 3.8) is 0 Å². The van der Waals surface area contributed by atoms with Crippen molar-refractivity contribution < 1.29 is 4.79 Å². The van der Waals surface area contributed by atoms with Crippen LogP contribution in [0.15, 0.2) is 34.8 Å². The summed E-state index contributed by atoms with van der Waals surface area (Å²) in [5.41, 5.74) is 3.60. The molecule has 0 radical (unpaired) electrons. The van der Waals surface area contributed by atoms with Gasteiger partial charge in [0.05, 0.1) is 11.4 Å². The number of carbonyl (C=O) groups excluding carboxylic acids is 1. The Kier molecular flexibility index (Phi) is 5.76. The van der Waals surface area contributed by atoms with Crippen LogP contribution in [0.4, 0.5) is 5.13 Å². The normalized spacial score (nSPS) is 27.3. The average molecular weight is 494 g/mol. The van der Waals surface area contributed by atoms with Crippen molar-refractivity contribution in [3.8, 4) is 11.3 Å². The van der Waals surface area contributed by atoms with Crippen molar-refractivity contribution in [3.05, 3.63) is 41.0 Å². The molecular formula is C26H31N5OS2. The Balaban J connectivity index is 1.05. The van der Waals surface area contributed by atoms with Gasteiger partial charge in [-0.15, -0.1) is 21.5 Å². The van der Waals surface area contributed by atoms with Crippen LogP contribution < -0.4 is 5.32 Å². The Labute approximate surface area is 209 Å². The molecule has 4 bridgehead atoms. The third kappa shape index (κ3) is 4.42. The summed E-state index contributed by atoms with van der Waals surface area (Å²) >= 11 is 2.90. The zero-order valence-corrected chi connectivity index (χ0v) is 21.4. The van der Waals surface area contributed by atoms with E-state index in [0.717, 1.165) is 46.4 Å². The van der Waals surface area contributed by atoms with E-state index in [-0.39, 0.29) is 5.91 Å². The van der Waals surface area contributed by atoms with Crippen LogP contribution in [0.3, 0.4) is 0 Å². The van der Waals surface area contributed by atoms with Gasteiger partial charge in [0, 0.05) is 24.4 Å². The van der Waals surface area contributed by atoms with Gasteiger partial charge in [-0.1, -0.05) is 41.6 Å². The first-order chi connectivity index (χ1) is 16.4. The van der Waals surface area contributed by atoms with Crippen LogP contribution >= 0.6 is 23.1 Å². The molecule has 4 aliphatic carbocycles. The first-order valence-electron chi connectivity index (χ1n) is 12.3. The van der Waals surface area contributed by atoms with E-state index in [1.54, 1.807) is 0 Å². The zero-order chi connectivity index (χ0) is 23.3. The maximum Gasteiger partial charge on any atom is 0.236 e. The first-order valence-corrected chi connectivity index (χ1v) is 14.1. The number of aryl methyl sites for hydroxylation is 1. The standard InChI is InChI=1S/C26H31N5OS2/c1-16-3-5-20(6-4-16)21-14-33-24(27-21)28-23(32)15-34-25-30-29-22(31(25)2)13-26-10-17-7-18(11-26)9-19(8-17)12-26/h3-6,14,17-19H,7-13,15H2,1-2H3,(H,27,28,32). The summed E-state index contributed by atoms with van der Waals surface area (Å²) in [4.78, 5) is 17.1. The van der Waals surface area contributed by atoms with E-state index in [9.17, 15) is 4.79 Å². The molecule has 0 aliphatic heterocycles. The second kappa shape index (κ2) is 8.79. The van der Waals surface area contributed by atoms with Crippen molar-refractivity contribution >= 4 is 34.1 Å². The molecule has 4 fully saturated rings. The highest BCUT2D eigenvalue weighted by atomic mass is 32.2. The van der Waals surface area contributed by atoms with Gasteiger partial charge < -0.3 is 9.88 Å². The number of aromatic nitrogens is 4. The van der Waals surface area contributed by atoms with E-state index >= 15 is 0 Å². The number of nitrogens with zero attached hydrogens (tertiary/aromatic N) is 4. The molecule has 2 aromatic heterocycles. The van der Waals surface area contributed by atoms with E-state index in [1.807, 2.05) is 12.4 Å². The van der Waals surface area contributed by atoms with Crippen LogP contribution in [0, 0.1) is 30.1 Å². The molecule has 1 amide bonds. The molecule has 1 N–H and O–H groups in total. The Morgan fingerprint density at radius 1 is 1.12 bits per heavy atom. The molecule has 0 spiro atoms. The number of nitrogens with one attached hydrogen (secondary N) is 1. The highest BCUT2D eigenvalue weighted by Gasteiger charge is 2.51. The summed E-state index contributed by atoms with van der Waals surface area (Å²) < 4.78 is 2.11. The van der Waals surface area contributed by atoms with Crippen molar-refractivity contribution in [1.29, 1.82) is 0 Å². The summed E-state index contributed by atoms with van der Waals surface area (Å²) in [6.45, 7) is 2.07. The molecular weight excluding hydrogens is 462 g/mol. The third-order valence-corrected chi connectivity index (χ3v) is 9.83. The summed E-state index contributed by atoms with van der Waals surface area (Å²) in [6.07, 6.45) is 9.52. The van der Waals surface area contributed by atoms with Crippen LogP contribution in [0.25, 0.3) is 11.3 Å². The molecule has 0 atom stereocenters. The molecule has 7 rings (SSSR count). The number of amides is 1. The number of hydrogen-bond acceptors (Lipinski definition) is 6. The summed E-state index contributed by atoms with van der Waals surface area (Å²) in [5.74, 6) is 4.12. The molecule has 2 heterocycles. The molecule has 178 valence electrons. The van der Waals surface area contributed by atoms with Crippen LogP contribution in [-0.2, 0) is 18.3 Å². The molecule has 4 aliphatic rings. The quantitative estimate of drug-likeness (QED) is 0.425. The first kappa shape index (κ1) is 22.3. The van der Waals surface area contributed by atoms with Crippen LogP contribution in [0.1, 0.15) is 49.9 Å². The second-order valence-electron chi connectivity index (χ2n) is 10.8. The molecule has 1 aromatic carbocycles. The summed E-state index contributed by atoms with van der Waals surface area (Å²) in [5, 5.41) is 15.3. The van der Waals surface area contributed by atoms with Gasteiger partial charge in [0.15, 0.2) is 10.3 Å². The van der Waals surface area contributed by atoms with Crippen LogP contribution in [0.2, 0.25) is 0 Å². The lowest BCUT2D eigenvalue weighted by Crippen LogP contribution is -2.47. The lowest BCUT2D eigenvalue weighted by Gasteiger charge is -2.56. The number of thioether (sulfide) groups is 1. The van der Waals surface area contributed by atoms with Crippen molar-refractivity contribution in [2.75, 3.05) is 11.1 Å². The molecule has 0 saturated heterocycles. The van der Waals surface area contributed by atoms with Gasteiger partial charge in [-0.05, 0) is 68.6 Å². The minimum absolute atomic E-state index is 0.0690. The highest BCUT2D eigenvalue weighted by molar-refractivity contribution is 7.99. The average Bonchev–Trinajstić information content (AvgIpc) is 3.39. The lowest BCUT2D eigenvalue weighted by atomic mass is 9.49. The van der Waals surface area contributed by atoms with Gasteiger partial charge in [0.1, 0.15) is 5.82 Å². The number of anilines is 1. The summed E-state index contributed by atoms with van der Waals surface area (Å²) in [6, 6.07) is 8.26. The third-order valence-electron chi connectivity index (χ3n) is 8.05. The smallest absolute Gasteiger partial charge is 0.236 e. The maximum atomic E-state index is 12.6. The van der Waals surface area contributed by atoms with Gasteiger partial charge in [0.25, 0.3) is 0 Å². The summed E-state index contributed by atoms with van der Waals surface area (Å²) in [7, 11) is 2.05. The minimum atomic E-state index is -0.0690. The fraction of sp³-hybridized carbons (Fsp3) is 0.538. The van der Waals surface area contributed by atoms with Crippen molar-refractivity contribution in [2.24, 2.45) is 30.2 Å². The fourth-order valence-electron chi connectivity index (χ4n) is 6.94. The second-order valence-corrected chi connectivity index (χ2v) is 12.6. The number of thiazole rings is 1. The number of benzene rings is 1. The highest BCUT2D eigenvalue weighted by Crippen LogP contribution is 2.61. The van der Waals surface area contributed by atoms with Gasteiger partial charge in [-0.3, -0.25) is 4.79 Å². The molecule has 6 nitrogen and oxygen atoms in total. The van der Waals surface area contributed by atoms with Crippen LogP contribution in [-0.4, -0.2) is 31.4 Å². The predicted molar refractivity (Wildman–Crippen MR) is 137 cm³/mol. The van der Waals surface area contributed by atoms with Gasteiger partial charge in [0.2, 0.25) is 5.91 Å². The Hall–Kier alpha value is -2.19. The molecule has 8 heteroatoms. The number of hydrogen-bond donors (Lipinski definition) is 1. The largest absolute Gasteiger partial charge is 0.309 e. The Morgan fingerprint density at radius 2 is 1.79 bits per heavy atom. The molecule has 34 heavy (non-hydrogen) atoms. The van der Waals surface area contributed by atoms with Crippen molar-refractivity contribution in [2.45, 2.75) is 57.0 Å². The number of carbonyl (C=O) groups is 1. The Bertz CT molecular complexity index is 1160. The van der Waals surface area contributed by atoms with E-state index in [1.165, 1.54) is 67.2 Å². The van der Waals surface area contributed by atoms with Crippen LogP contribution in [0.5, 0.6) is 0 Å². The van der Waals surface area contributed by atoms with E-state index in [4.69, 9.17) is 0 Å². The van der Waals surface area contributed by atoms with Gasteiger partial charge in [-0.2, -0.15) is 0 Å². The fourth-order valence-corrected chi connectivity index (χ4v) is 8.41. The SMILES string of the molecule is Cc1ccc(-c2csc(NC(=O)CSc3nnc(CC45CC6CC(CC(C6)C4)C5)n3C)n2)cc1. The molecule has 4 saturated carbocycles. The predicted octanol–water partition coefficient (Wildman–Crippen LogP) is 5.74. The maximum absolute atomic E-state index is 12.6. The van der Waals surface area contributed by atoms with Gasteiger partial charge in [-0.25, -0.2) is 4.98 Å². The van der Waals surface area contributed by atoms with E-state index in [0.29, 0.717) is 16.3 Å². The zero-order valence-electron chi connectivity index (χ0n) is 19.8. The number of rotatable bonds is 7. The molecule has 3 aromatic rings. The van der Waals surface area contributed by atoms with Crippen molar-refractivity contribution in [1.82, 2.24) is 19.7 Å². The van der Waals surface area contributed by atoms with E-state index < -0.39 is 0 Å². The monoisotopic (exact) mass is 493 g/mol. The lowest BCUT2D eigenvalue weighted by molar-refractivity contribution is -0.113. The van der Waals surface area contributed by atoms with E-state index in [2.05, 4.69) is 56.3 Å². The van der Waals surface area contributed by atoms with Gasteiger partial charge >= 0.3 is 0 Å². The molecule has 0 unspecified atom stereocenters.